The SMILES string of the molecule is CC(C)C1=CC=CC1.CC(C)c1ccccc1. The minimum atomic E-state index is 0.659. The lowest BCUT2D eigenvalue weighted by Crippen LogP contribution is -1.88. The van der Waals surface area contributed by atoms with E-state index >= 15 is 0 Å². The summed E-state index contributed by atoms with van der Waals surface area (Å²) in [5.74, 6) is 1.40. The summed E-state index contributed by atoms with van der Waals surface area (Å²) in [5.41, 5.74) is 2.97. The average Bonchev–Trinajstić information content (AvgIpc) is 2.84. The first kappa shape index (κ1) is 13.8. The maximum absolute atomic E-state index is 2.23. The molecule has 0 atom stereocenters. The highest BCUT2D eigenvalue weighted by Gasteiger charge is 2.01. The van der Waals surface area contributed by atoms with Gasteiger partial charge < -0.3 is 0 Å². The molecule has 0 saturated heterocycles. The Morgan fingerprint density at radius 3 is 1.82 bits per heavy atom. The molecular weight excluding hydrogens is 204 g/mol. The molecule has 2 rings (SSSR count). The van der Waals surface area contributed by atoms with Crippen molar-refractivity contribution in [2.24, 2.45) is 5.92 Å². The highest BCUT2D eigenvalue weighted by Crippen LogP contribution is 2.18. The minimum Gasteiger partial charge on any atom is -0.0805 e. The Morgan fingerprint density at radius 1 is 0.882 bits per heavy atom. The molecule has 0 aliphatic heterocycles. The molecule has 0 fully saturated rings. The van der Waals surface area contributed by atoms with E-state index in [1.54, 1.807) is 5.57 Å². The lowest BCUT2D eigenvalue weighted by Gasteiger charge is -2.02. The molecule has 1 aromatic carbocycles. The topological polar surface area (TPSA) is 0 Å². The van der Waals surface area contributed by atoms with Crippen LogP contribution in [0.15, 0.2) is 54.1 Å². The van der Waals surface area contributed by atoms with E-state index in [1.807, 2.05) is 6.07 Å². The molecule has 0 radical (unpaired) electrons. The Morgan fingerprint density at radius 2 is 1.53 bits per heavy atom. The predicted octanol–water partition coefficient (Wildman–Crippen LogP) is 5.34. The maximum Gasteiger partial charge on any atom is -0.0130 e. The van der Waals surface area contributed by atoms with Gasteiger partial charge >= 0.3 is 0 Å². The van der Waals surface area contributed by atoms with Gasteiger partial charge in [-0.25, -0.2) is 0 Å². The van der Waals surface area contributed by atoms with Crippen molar-refractivity contribution in [1.82, 2.24) is 0 Å². The van der Waals surface area contributed by atoms with Crippen LogP contribution in [0.3, 0.4) is 0 Å². The summed E-state index contributed by atoms with van der Waals surface area (Å²) in [6.45, 7) is 8.88. The van der Waals surface area contributed by atoms with Crippen LogP contribution in [0, 0.1) is 5.92 Å². The Kier molecular flexibility index (Phi) is 5.76. The normalized spacial score (nSPS) is 13.6. The summed E-state index contributed by atoms with van der Waals surface area (Å²) in [6, 6.07) is 10.5. The molecule has 92 valence electrons. The quantitative estimate of drug-likeness (QED) is 0.641. The van der Waals surface area contributed by atoms with Gasteiger partial charge in [0.25, 0.3) is 0 Å². The second-order valence-electron chi connectivity index (χ2n) is 5.09. The zero-order valence-corrected chi connectivity index (χ0v) is 11.5. The lowest BCUT2D eigenvalue weighted by molar-refractivity contribution is 0.753. The van der Waals surface area contributed by atoms with E-state index < -0.39 is 0 Å². The van der Waals surface area contributed by atoms with E-state index in [-0.39, 0.29) is 0 Å². The number of rotatable bonds is 2. The van der Waals surface area contributed by atoms with Gasteiger partial charge in [-0.2, -0.15) is 0 Å². The van der Waals surface area contributed by atoms with Gasteiger partial charge in [0, 0.05) is 0 Å². The van der Waals surface area contributed by atoms with Crippen LogP contribution in [0.25, 0.3) is 0 Å². The van der Waals surface area contributed by atoms with E-state index in [4.69, 9.17) is 0 Å². The summed E-state index contributed by atoms with van der Waals surface area (Å²) in [7, 11) is 0. The summed E-state index contributed by atoms with van der Waals surface area (Å²) in [6.07, 6.45) is 7.73. The maximum atomic E-state index is 2.23. The predicted molar refractivity (Wildman–Crippen MR) is 77.2 cm³/mol. The molecule has 0 saturated carbocycles. The third-order valence-electron chi connectivity index (χ3n) is 3.01. The first-order chi connectivity index (χ1) is 8.11. The second kappa shape index (κ2) is 7.11. The van der Waals surface area contributed by atoms with Crippen molar-refractivity contribution in [3.8, 4) is 0 Å². The van der Waals surface area contributed by atoms with Gasteiger partial charge in [-0.1, -0.05) is 81.8 Å². The summed E-state index contributed by atoms with van der Waals surface area (Å²) in [4.78, 5) is 0. The van der Waals surface area contributed by atoms with Crippen molar-refractivity contribution in [3.05, 3.63) is 59.7 Å². The molecule has 0 heteroatoms. The highest BCUT2D eigenvalue weighted by atomic mass is 14.1. The summed E-state index contributed by atoms with van der Waals surface area (Å²) < 4.78 is 0. The molecule has 0 aromatic heterocycles. The molecule has 0 spiro atoms. The molecule has 0 nitrogen and oxygen atoms in total. The monoisotopic (exact) mass is 228 g/mol. The van der Waals surface area contributed by atoms with Crippen LogP contribution in [0.2, 0.25) is 0 Å². The molecule has 0 bridgehead atoms. The summed E-state index contributed by atoms with van der Waals surface area (Å²) in [5, 5.41) is 0. The molecule has 0 unspecified atom stereocenters. The molecule has 1 aliphatic carbocycles. The van der Waals surface area contributed by atoms with Crippen LogP contribution in [-0.4, -0.2) is 0 Å². The second-order valence-corrected chi connectivity index (χ2v) is 5.09. The van der Waals surface area contributed by atoms with Crippen molar-refractivity contribution < 1.29 is 0 Å². The van der Waals surface area contributed by atoms with Crippen molar-refractivity contribution in [2.75, 3.05) is 0 Å². The molecule has 0 amide bonds. The lowest BCUT2D eigenvalue weighted by atomic mass is 10.0. The van der Waals surface area contributed by atoms with Crippen LogP contribution in [0.1, 0.15) is 45.6 Å². The largest absolute Gasteiger partial charge is 0.0805 e. The highest BCUT2D eigenvalue weighted by molar-refractivity contribution is 5.23. The third-order valence-corrected chi connectivity index (χ3v) is 3.01. The Hall–Kier alpha value is -1.30. The molecule has 1 aliphatic rings. The van der Waals surface area contributed by atoms with Gasteiger partial charge in [0.1, 0.15) is 0 Å². The Bertz CT molecular complexity index is 366. The Labute approximate surface area is 106 Å². The fourth-order valence-corrected chi connectivity index (χ4v) is 1.73. The van der Waals surface area contributed by atoms with Crippen LogP contribution < -0.4 is 0 Å². The fourth-order valence-electron chi connectivity index (χ4n) is 1.73. The van der Waals surface area contributed by atoms with Crippen LogP contribution >= 0.6 is 0 Å². The molecule has 0 heterocycles. The Balaban J connectivity index is 0.000000171. The summed E-state index contributed by atoms with van der Waals surface area (Å²) >= 11 is 0. The van der Waals surface area contributed by atoms with E-state index in [1.165, 1.54) is 12.0 Å². The van der Waals surface area contributed by atoms with Gasteiger partial charge in [-0.15, -0.1) is 0 Å². The first-order valence-electron chi connectivity index (χ1n) is 6.51. The van der Waals surface area contributed by atoms with E-state index in [9.17, 15) is 0 Å². The van der Waals surface area contributed by atoms with Gasteiger partial charge in [-0.05, 0) is 23.8 Å². The third kappa shape index (κ3) is 5.04. The molecule has 17 heavy (non-hydrogen) atoms. The number of benzene rings is 1. The van der Waals surface area contributed by atoms with E-state index in [0.717, 1.165) is 5.92 Å². The fraction of sp³-hybridized carbons (Fsp3) is 0.412. The molecular formula is C17H24. The number of hydrogen-bond acceptors (Lipinski definition) is 0. The van der Waals surface area contributed by atoms with Crippen LogP contribution in [0.5, 0.6) is 0 Å². The van der Waals surface area contributed by atoms with Gasteiger partial charge in [-0.3, -0.25) is 0 Å². The zero-order chi connectivity index (χ0) is 12.7. The van der Waals surface area contributed by atoms with Crippen molar-refractivity contribution in [3.63, 3.8) is 0 Å². The average molecular weight is 228 g/mol. The van der Waals surface area contributed by atoms with E-state index in [0.29, 0.717) is 5.92 Å². The van der Waals surface area contributed by atoms with Crippen molar-refractivity contribution in [2.45, 2.75) is 40.0 Å². The smallest absolute Gasteiger partial charge is 0.0130 e. The van der Waals surface area contributed by atoms with Gasteiger partial charge in [0.2, 0.25) is 0 Å². The number of hydrogen-bond donors (Lipinski definition) is 0. The van der Waals surface area contributed by atoms with Gasteiger partial charge in [0.05, 0.1) is 0 Å². The molecule has 0 N–H and O–H groups in total. The van der Waals surface area contributed by atoms with Crippen molar-refractivity contribution in [1.29, 1.82) is 0 Å². The molecule has 1 aromatic rings. The zero-order valence-electron chi connectivity index (χ0n) is 11.5. The van der Waals surface area contributed by atoms with Gasteiger partial charge in [0.15, 0.2) is 0 Å². The van der Waals surface area contributed by atoms with Crippen LogP contribution in [-0.2, 0) is 0 Å². The minimum absolute atomic E-state index is 0.659. The van der Waals surface area contributed by atoms with E-state index in [2.05, 4.69) is 70.2 Å². The first-order valence-corrected chi connectivity index (χ1v) is 6.51. The number of allylic oxidation sites excluding steroid dienone is 4. The van der Waals surface area contributed by atoms with Crippen molar-refractivity contribution >= 4 is 0 Å². The van der Waals surface area contributed by atoms with Crippen LogP contribution in [0.4, 0.5) is 0 Å². The standard InChI is InChI=1S/C9H12.C8H12/c1-8(2)9-6-4-3-5-7-9;1-7(2)8-5-3-4-6-8/h3-8H,1-2H3;3-5,7H,6H2,1-2H3.